The largest absolute Gasteiger partial charge is 0.416 e. The van der Waals surface area contributed by atoms with Gasteiger partial charge in [0.1, 0.15) is 0 Å². The van der Waals surface area contributed by atoms with Crippen LogP contribution in [0.1, 0.15) is 31.1 Å². The van der Waals surface area contributed by atoms with Gasteiger partial charge in [-0.15, -0.1) is 10.2 Å². The van der Waals surface area contributed by atoms with Crippen LogP contribution in [-0.2, 0) is 20.6 Å². The first-order valence-corrected chi connectivity index (χ1v) is 9.12. The molecular formula is C15H18N6O3S. The van der Waals surface area contributed by atoms with Gasteiger partial charge >= 0.3 is 5.69 Å². The molecule has 0 spiro atoms. The highest BCUT2D eigenvalue weighted by atomic mass is 32.2. The highest BCUT2D eigenvalue weighted by molar-refractivity contribution is 7.99. The lowest BCUT2D eigenvalue weighted by molar-refractivity contribution is 0.414. The van der Waals surface area contributed by atoms with E-state index in [9.17, 15) is 9.59 Å². The predicted octanol–water partition coefficient (Wildman–Crippen LogP) is 0.876. The number of fused-ring (bicyclic) bond motifs is 1. The van der Waals surface area contributed by atoms with Crippen molar-refractivity contribution in [1.82, 2.24) is 28.9 Å². The van der Waals surface area contributed by atoms with Gasteiger partial charge in [0.15, 0.2) is 11.2 Å². The summed E-state index contributed by atoms with van der Waals surface area (Å²) in [5, 5.41) is 8.60. The maximum atomic E-state index is 12.6. The van der Waals surface area contributed by atoms with Crippen LogP contribution in [0.15, 0.2) is 25.6 Å². The Bertz CT molecular complexity index is 1040. The number of aryl methyl sites for hydroxylation is 2. The van der Waals surface area contributed by atoms with Crippen LogP contribution < -0.4 is 11.2 Å². The van der Waals surface area contributed by atoms with Crippen LogP contribution >= 0.6 is 11.8 Å². The SMILES string of the molecule is Cn1cnc2c1c(=O)n(CCCSc1nnc(C3CC3)o1)c(=O)n2C. The molecule has 0 radical (unpaired) electrons. The summed E-state index contributed by atoms with van der Waals surface area (Å²) >= 11 is 1.45. The smallest absolute Gasteiger partial charge is 0.332 e. The third-order valence-electron chi connectivity index (χ3n) is 4.30. The highest BCUT2D eigenvalue weighted by Crippen LogP contribution is 2.39. The van der Waals surface area contributed by atoms with Gasteiger partial charge in [0.25, 0.3) is 10.8 Å². The summed E-state index contributed by atoms with van der Waals surface area (Å²) < 4.78 is 9.89. The molecule has 0 aliphatic heterocycles. The first kappa shape index (κ1) is 16.1. The molecule has 0 aromatic carbocycles. The second-order valence-electron chi connectivity index (χ2n) is 6.21. The van der Waals surface area contributed by atoms with Gasteiger partial charge in [-0.25, -0.2) is 9.78 Å². The normalized spacial score (nSPS) is 14.5. The number of hydrogen-bond acceptors (Lipinski definition) is 7. The van der Waals surface area contributed by atoms with E-state index in [0.717, 1.165) is 12.8 Å². The second-order valence-corrected chi connectivity index (χ2v) is 7.25. The van der Waals surface area contributed by atoms with Gasteiger partial charge in [-0.1, -0.05) is 11.8 Å². The second kappa shape index (κ2) is 6.17. The number of imidazole rings is 1. The Hall–Kier alpha value is -2.36. The molecule has 4 rings (SSSR count). The number of hydrogen-bond donors (Lipinski definition) is 0. The van der Waals surface area contributed by atoms with Crippen molar-refractivity contribution in [3.8, 4) is 0 Å². The van der Waals surface area contributed by atoms with E-state index in [1.807, 2.05) is 0 Å². The van der Waals surface area contributed by atoms with Gasteiger partial charge in [0, 0.05) is 32.3 Å². The van der Waals surface area contributed by atoms with Crippen molar-refractivity contribution in [2.45, 2.75) is 36.9 Å². The van der Waals surface area contributed by atoms with Gasteiger partial charge in [0.2, 0.25) is 5.89 Å². The third-order valence-corrected chi connectivity index (χ3v) is 5.21. The van der Waals surface area contributed by atoms with Crippen LogP contribution in [0.25, 0.3) is 11.2 Å². The Morgan fingerprint density at radius 3 is 2.84 bits per heavy atom. The van der Waals surface area contributed by atoms with Crippen molar-refractivity contribution in [3.05, 3.63) is 33.1 Å². The first-order valence-electron chi connectivity index (χ1n) is 8.13. The van der Waals surface area contributed by atoms with Crippen LogP contribution in [0.2, 0.25) is 0 Å². The van der Waals surface area contributed by atoms with E-state index < -0.39 is 0 Å². The van der Waals surface area contributed by atoms with E-state index in [-0.39, 0.29) is 11.2 Å². The molecule has 1 aliphatic carbocycles. The molecule has 1 fully saturated rings. The molecule has 1 aliphatic rings. The molecule has 9 nitrogen and oxygen atoms in total. The first-order chi connectivity index (χ1) is 12.1. The molecule has 0 atom stereocenters. The predicted molar refractivity (Wildman–Crippen MR) is 91.8 cm³/mol. The summed E-state index contributed by atoms with van der Waals surface area (Å²) in [7, 11) is 3.37. The van der Waals surface area contributed by atoms with E-state index in [1.165, 1.54) is 20.9 Å². The summed E-state index contributed by atoms with van der Waals surface area (Å²) in [6, 6.07) is 0. The molecule has 132 valence electrons. The molecule has 10 heteroatoms. The zero-order valence-electron chi connectivity index (χ0n) is 14.0. The minimum Gasteiger partial charge on any atom is -0.416 e. The average molecular weight is 362 g/mol. The quantitative estimate of drug-likeness (QED) is 0.474. The molecule has 1 saturated carbocycles. The lowest BCUT2D eigenvalue weighted by Gasteiger charge is -2.08. The van der Waals surface area contributed by atoms with E-state index >= 15 is 0 Å². The Labute approximate surface area is 146 Å². The lowest BCUT2D eigenvalue weighted by Crippen LogP contribution is -2.39. The van der Waals surface area contributed by atoms with Gasteiger partial charge in [-0.2, -0.15) is 0 Å². The fourth-order valence-electron chi connectivity index (χ4n) is 2.75. The van der Waals surface area contributed by atoms with Crippen LogP contribution in [0.3, 0.4) is 0 Å². The third kappa shape index (κ3) is 2.90. The molecule has 3 aromatic rings. The van der Waals surface area contributed by atoms with E-state index in [0.29, 0.717) is 46.9 Å². The molecule has 0 N–H and O–H groups in total. The van der Waals surface area contributed by atoms with Crippen molar-refractivity contribution in [3.63, 3.8) is 0 Å². The summed E-state index contributed by atoms with van der Waals surface area (Å²) in [5.41, 5.74) is 0.175. The van der Waals surface area contributed by atoms with Crippen molar-refractivity contribution in [1.29, 1.82) is 0 Å². The molecule has 0 unspecified atom stereocenters. The Kier molecular flexibility index (Phi) is 3.98. The van der Waals surface area contributed by atoms with Crippen LogP contribution in [-0.4, -0.2) is 34.6 Å². The van der Waals surface area contributed by atoms with Crippen molar-refractivity contribution >= 4 is 22.9 Å². The van der Waals surface area contributed by atoms with Crippen LogP contribution in [0.4, 0.5) is 0 Å². The lowest BCUT2D eigenvalue weighted by atomic mass is 10.4. The maximum absolute atomic E-state index is 12.6. The fraction of sp³-hybridized carbons (Fsp3) is 0.533. The van der Waals surface area contributed by atoms with Gasteiger partial charge in [-0.05, 0) is 19.3 Å². The minimum absolute atomic E-state index is 0.308. The average Bonchev–Trinajstić information content (AvgIpc) is 3.21. The molecule has 0 bridgehead atoms. The van der Waals surface area contributed by atoms with E-state index in [4.69, 9.17) is 4.42 Å². The van der Waals surface area contributed by atoms with E-state index in [2.05, 4.69) is 15.2 Å². The summed E-state index contributed by atoms with van der Waals surface area (Å²) in [4.78, 5) is 29.1. The van der Waals surface area contributed by atoms with Crippen molar-refractivity contribution in [2.75, 3.05) is 5.75 Å². The molecule has 0 amide bonds. The summed E-state index contributed by atoms with van der Waals surface area (Å²) in [6.07, 6.45) is 4.42. The van der Waals surface area contributed by atoms with Crippen LogP contribution in [0, 0.1) is 0 Å². The molecule has 25 heavy (non-hydrogen) atoms. The standard InChI is InChI=1S/C15H18N6O3S/c1-19-8-16-11-10(19)13(22)21(15(23)20(11)2)6-3-7-25-14-18-17-12(24-14)9-4-5-9/h8-9H,3-7H2,1-2H3. The number of aromatic nitrogens is 6. The maximum Gasteiger partial charge on any atom is 0.332 e. The van der Waals surface area contributed by atoms with Crippen LogP contribution in [0.5, 0.6) is 0 Å². The molecule has 3 heterocycles. The molecular weight excluding hydrogens is 344 g/mol. The Morgan fingerprint density at radius 2 is 2.08 bits per heavy atom. The topological polar surface area (TPSA) is 101 Å². The summed E-state index contributed by atoms with van der Waals surface area (Å²) in [5.74, 6) is 1.84. The molecule has 0 saturated heterocycles. The minimum atomic E-state index is -0.352. The zero-order chi connectivity index (χ0) is 17.6. The summed E-state index contributed by atoms with van der Waals surface area (Å²) in [6.45, 7) is 0.337. The molecule has 3 aromatic heterocycles. The van der Waals surface area contributed by atoms with Crippen molar-refractivity contribution in [2.24, 2.45) is 14.1 Å². The number of nitrogens with zero attached hydrogens (tertiary/aromatic N) is 6. The fourth-order valence-corrected chi connectivity index (χ4v) is 3.44. The van der Waals surface area contributed by atoms with Gasteiger partial charge in [-0.3, -0.25) is 13.9 Å². The van der Waals surface area contributed by atoms with Gasteiger partial charge in [0.05, 0.1) is 6.33 Å². The van der Waals surface area contributed by atoms with Gasteiger partial charge < -0.3 is 8.98 Å². The monoisotopic (exact) mass is 362 g/mol. The number of thioether (sulfide) groups is 1. The Morgan fingerprint density at radius 1 is 1.28 bits per heavy atom. The zero-order valence-corrected chi connectivity index (χ0v) is 14.8. The number of rotatable bonds is 6. The van der Waals surface area contributed by atoms with Crippen molar-refractivity contribution < 1.29 is 4.42 Å². The highest BCUT2D eigenvalue weighted by Gasteiger charge is 2.29. The Balaban J connectivity index is 1.46. The van der Waals surface area contributed by atoms with E-state index in [1.54, 1.807) is 25.0 Å².